The SMILES string of the molecule is COCCCN(C)S(=O)(=O)c1ccc(N)cc1C#N. The van der Waals surface area contributed by atoms with Gasteiger partial charge in [0.15, 0.2) is 0 Å². The summed E-state index contributed by atoms with van der Waals surface area (Å²) in [6.45, 7) is 0.804. The number of anilines is 1. The van der Waals surface area contributed by atoms with E-state index in [1.165, 1.54) is 29.6 Å². The third-order valence-electron chi connectivity index (χ3n) is 2.63. The van der Waals surface area contributed by atoms with Crippen LogP contribution < -0.4 is 5.73 Å². The molecule has 0 heterocycles. The van der Waals surface area contributed by atoms with Gasteiger partial charge in [0.05, 0.1) is 5.56 Å². The average molecular weight is 283 g/mol. The molecule has 2 N–H and O–H groups in total. The Bertz CT molecular complexity index is 578. The number of rotatable bonds is 6. The molecule has 0 atom stereocenters. The van der Waals surface area contributed by atoms with Crippen LogP contribution in [0.5, 0.6) is 0 Å². The molecule has 0 fully saturated rings. The van der Waals surface area contributed by atoms with Crippen molar-refractivity contribution in [2.24, 2.45) is 0 Å². The molecule has 0 unspecified atom stereocenters. The van der Waals surface area contributed by atoms with Gasteiger partial charge >= 0.3 is 0 Å². The molecule has 0 aliphatic heterocycles. The Hall–Kier alpha value is -1.62. The molecule has 1 aromatic carbocycles. The number of nitrogens with two attached hydrogens (primary N) is 1. The smallest absolute Gasteiger partial charge is 0.244 e. The highest BCUT2D eigenvalue weighted by molar-refractivity contribution is 7.89. The summed E-state index contributed by atoms with van der Waals surface area (Å²) in [6.07, 6.45) is 0.586. The van der Waals surface area contributed by atoms with E-state index >= 15 is 0 Å². The van der Waals surface area contributed by atoms with E-state index in [-0.39, 0.29) is 10.5 Å². The standard InChI is InChI=1S/C12H17N3O3S/c1-15(6-3-7-18-2)19(16,17)12-5-4-11(14)8-10(12)9-13/h4-5,8H,3,6-7,14H2,1-2H3. The van der Waals surface area contributed by atoms with Crippen LogP contribution in [-0.2, 0) is 14.8 Å². The normalized spacial score (nSPS) is 11.5. The number of hydrogen-bond donors (Lipinski definition) is 1. The van der Waals surface area contributed by atoms with E-state index in [1.807, 2.05) is 6.07 Å². The summed E-state index contributed by atoms with van der Waals surface area (Å²) in [4.78, 5) is -0.0240. The maximum absolute atomic E-state index is 12.3. The van der Waals surface area contributed by atoms with Crippen molar-refractivity contribution >= 4 is 15.7 Å². The van der Waals surface area contributed by atoms with Gasteiger partial charge in [0.25, 0.3) is 0 Å². The number of nitrogens with zero attached hydrogens (tertiary/aromatic N) is 2. The van der Waals surface area contributed by atoms with Gasteiger partial charge in [-0.25, -0.2) is 12.7 Å². The Morgan fingerprint density at radius 2 is 2.16 bits per heavy atom. The molecule has 19 heavy (non-hydrogen) atoms. The predicted octanol–water partition coefficient (Wildman–Crippen LogP) is 0.797. The zero-order valence-electron chi connectivity index (χ0n) is 11.0. The van der Waals surface area contributed by atoms with Crippen LogP contribution >= 0.6 is 0 Å². The Morgan fingerprint density at radius 1 is 1.47 bits per heavy atom. The summed E-state index contributed by atoms with van der Waals surface area (Å²) in [5.41, 5.74) is 5.96. The fourth-order valence-electron chi connectivity index (χ4n) is 1.58. The summed E-state index contributed by atoms with van der Waals surface area (Å²) in [5, 5.41) is 8.99. The van der Waals surface area contributed by atoms with E-state index in [9.17, 15) is 8.42 Å². The first-order valence-corrected chi connectivity index (χ1v) is 7.12. The highest BCUT2D eigenvalue weighted by Gasteiger charge is 2.23. The van der Waals surface area contributed by atoms with Crippen molar-refractivity contribution in [3.8, 4) is 6.07 Å². The fraction of sp³-hybridized carbons (Fsp3) is 0.417. The number of nitriles is 1. The molecule has 0 saturated carbocycles. The van der Waals surface area contributed by atoms with Crippen LogP contribution in [0.4, 0.5) is 5.69 Å². The third-order valence-corrected chi connectivity index (χ3v) is 4.55. The minimum Gasteiger partial charge on any atom is -0.399 e. The van der Waals surface area contributed by atoms with Gasteiger partial charge in [-0.3, -0.25) is 0 Å². The lowest BCUT2D eigenvalue weighted by molar-refractivity contribution is 0.189. The first-order valence-electron chi connectivity index (χ1n) is 5.68. The van der Waals surface area contributed by atoms with Gasteiger partial charge < -0.3 is 10.5 Å². The van der Waals surface area contributed by atoms with Gasteiger partial charge in [-0.1, -0.05) is 0 Å². The third kappa shape index (κ3) is 3.67. The Morgan fingerprint density at radius 3 is 2.74 bits per heavy atom. The van der Waals surface area contributed by atoms with Crippen LogP contribution in [0.3, 0.4) is 0 Å². The molecular formula is C12H17N3O3S. The van der Waals surface area contributed by atoms with Gasteiger partial charge in [-0.2, -0.15) is 5.26 Å². The number of benzene rings is 1. The Balaban J connectivity index is 3.04. The molecule has 0 aromatic heterocycles. The number of ether oxygens (including phenoxy) is 1. The van der Waals surface area contributed by atoms with Crippen LogP contribution in [0.2, 0.25) is 0 Å². The van der Waals surface area contributed by atoms with Gasteiger partial charge in [-0.15, -0.1) is 0 Å². The topological polar surface area (TPSA) is 96.4 Å². The van der Waals surface area contributed by atoms with E-state index in [4.69, 9.17) is 15.7 Å². The zero-order valence-corrected chi connectivity index (χ0v) is 11.8. The van der Waals surface area contributed by atoms with Gasteiger partial charge in [0, 0.05) is 33.0 Å². The predicted molar refractivity (Wildman–Crippen MR) is 71.9 cm³/mol. The van der Waals surface area contributed by atoms with Gasteiger partial charge in [0.2, 0.25) is 10.0 Å². The van der Waals surface area contributed by atoms with Gasteiger partial charge in [-0.05, 0) is 24.6 Å². The molecule has 0 amide bonds. The maximum Gasteiger partial charge on any atom is 0.244 e. The summed E-state index contributed by atoms with van der Waals surface area (Å²) in [5.74, 6) is 0. The second kappa shape index (κ2) is 6.52. The minimum atomic E-state index is -3.68. The molecule has 0 aliphatic rings. The summed E-state index contributed by atoms with van der Waals surface area (Å²) in [6, 6.07) is 6.04. The molecular weight excluding hydrogens is 266 g/mol. The van der Waals surface area contributed by atoms with Crippen LogP contribution in [0, 0.1) is 11.3 Å². The van der Waals surface area contributed by atoms with Crippen molar-refractivity contribution < 1.29 is 13.2 Å². The van der Waals surface area contributed by atoms with Crippen molar-refractivity contribution in [2.45, 2.75) is 11.3 Å². The lowest BCUT2D eigenvalue weighted by Gasteiger charge is -2.17. The van der Waals surface area contributed by atoms with E-state index in [0.29, 0.717) is 25.3 Å². The molecule has 0 spiro atoms. The lowest BCUT2D eigenvalue weighted by atomic mass is 10.2. The fourth-order valence-corrected chi connectivity index (χ4v) is 2.91. The van der Waals surface area contributed by atoms with Crippen molar-refractivity contribution in [2.75, 3.05) is 33.0 Å². The second-order valence-electron chi connectivity index (χ2n) is 4.04. The van der Waals surface area contributed by atoms with Crippen LogP contribution in [0.15, 0.2) is 23.1 Å². The summed E-state index contributed by atoms with van der Waals surface area (Å²) in [7, 11) is -0.647. The molecule has 7 heteroatoms. The number of hydrogen-bond acceptors (Lipinski definition) is 5. The van der Waals surface area contributed by atoms with E-state index in [2.05, 4.69) is 0 Å². The second-order valence-corrected chi connectivity index (χ2v) is 6.05. The number of sulfonamides is 1. The Kier molecular flexibility index (Phi) is 5.30. The highest BCUT2D eigenvalue weighted by Crippen LogP contribution is 2.21. The number of methoxy groups -OCH3 is 1. The largest absolute Gasteiger partial charge is 0.399 e. The molecule has 6 nitrogen and oxygen atoms in total. The first-order chi connectivity index (χ1) is 8.93. The maximum atomic E-state index is 12.3. The molecule has 1 rings (SSSR count). The van der Waals surface area contributed by atoms with E-state index in [1.54, 1.807) is 7.11 Å². The molecule has 0 bridgehead atoms. The molecule has 0 saturated heterocycles. The molecule has 1 aromatic rings. The van der Waals surface area contributed by atoms with Crippen LogP contribution in [0.1, 0.15) is 12.0 Å². The van der Waals surface area contributed by atoms with Crippen LogP contribution in [0.25, 0.3) is 0 Å². The Labute approximate surface area is 113 Å². The highest BCUT2D eigenvalue weighted by atomic mass is 32.2. The molecule has 104 valence electrons. The van der Waals surface area contributed by atoms with Crippen molar-refractivity contribution in [3.63, 3.8) is 0 Å². The monoisotopic (exact) mass is 283 g/mol. The zero-order chi connectivity index (χ0) is 14.5. The summed E-state index contributed by atoms with van der Waals surface area (Å²) < 4.78 is 30.7. The van der Waals surface area contributed by atoms with Crippen molar-refractivity contribution in [1.82, 2.24) is 4.31 Å². The average Bonchev–Trinajstić information content (AvgIpc) is 2.38. The van der Waals surface area contributed by atoms with Gasteiger partial charge in [0.1, 0.15) is 11.0 Å². The first kappa shape index (κ1) is 15.4. The molecule has 0 aliphatic carbocycles. The lowest BCUT2D eigenvalue weighted by Crippen LogP contribution is -2.29. The van der Waals surface area contributed by atoms with Crippen molar-refractivity contribution in [1.29, 1.82) is 5.26 Å². The van der Waals surface area contributed by atoms with Crippen molar-refractivity contribution in [3.05, 3.63) is 23.8 Å². The molecule has 0 radical (unpaired) electrons. The quantitative estimate of drug-likeness (QED) is 0.615. The minimum absolute atomic E-state index is 0.0240. The van der Waals surface area contributed by atoms with E-state index < -0.39 is 10.0 Å². The number of nitrogen functional groups attached to an aromatic ring is 1. The van der Waals surface area contributed by atoms with E-state index in [0.717, 1.165) is 0 Å². The summed E-state index contributed by atoms with van der Waals surface area (Å²) >= 11 is 0. The van der Waals surface area contributed by atoms with Crippen LogP contribution in [-0.4, -0.2) is 40.0 Å².